The molecule has 0 bridgehead atoms. The number of ether oxygens (including phenoxy) is 1. The molecule has 0 aliphatic carbocycles. The highest BCUT2D eigenvalue weighted by atomic mass is 16.5. The number of hydrogen-bond donors (Lipinski definition) is 2. The van der Waals surface area contributed by atoms with E-state index in [0.29, 0.717) is 6.54 Å². The Morgan fingerprint density at radius 1 is 1.38 bits per heavy atom. The Balaban J connectivity index is 1.46. The molecule has 24 heavy (non-hydrogen) atoms. The molecule has 2 heterocycles. The summed E-state index contributed by atoms with van der Waals surface area (Å²) >= 11 is 0. The highest BCUT2D eigenvalue weighted by Gasteiger charge is 2.34. The van der Waals surface area contributed by atoms with Crippen LogP contribution >= 0.6 is 0 Å². The molecule has 132 valence electrons. The van der Waals surface area contributed by atoms with Gasteiger partial charge < -0.3 is 15.4 Å². The molecule has 2 atom stereocenters. The van der Waals surface area contributed by atoms with E-state index in [1.807, 2.05) is 13.0 Å². The molecule has 5 nitrogen and oxygen atoms in total. The van der Waals surface area contributed by atoms with Gasteiger partial charge in [-0.1, -0.05) is 30.3 Å². The summed E-state index contributed by atoms with van der Waals surface area (Å²) in [6.07, 6.45) is 3.24. The minimum absolute atomic E-state index is 0.0682. The number of piperidine rings is 1. The summed E-state index contributed by atoms with van der Waals surface area (Å²) < 4.78 is 5.84. The number of carbonyl (C=O) groups excluding carboxylic acids is 1. The van der Waals surface area contributed by atoms with Gasteiger partial charge >= 0.3 is 0 Å². The van der Waals surface area contributed by atoms with Crippen molar-refractivity contribution in [3.63, 3.8) is 0 Å². The van der Waals surface area contributed by atoms with Crippen molar-refractivity contribution in [2.45, 2.75) is 44.4 Å². The van der Waals surface area contributed by atoms with E-state index in [1.54, 1.807) is 0 Å². The molecule has 0 spiro atoms. The lowest BCUT2D eigenvalue weighted by Gasteiger charge is -2.36. The van der Waals surface area contributed by atoms with Crippen molar-refractivity contribution in [1.82, 2.24) is 15.5 Å². The summed E-state index contributed by atoms with van der Waals surface area (Å²) in [5.41, 5.74) is 0.900. The van der Waals surface area contributed by atoms with E-state index in [9.17, 15) is 4.79 Å². The Morgan fingerprint density at radius 2 is 2.21 bits per heavy atom. The molecule has 1 amide bonds. The fourth-order valence-electron chi connectivity index (χ4n) is 3.54. The van der Waals surface area contributed by atoms with Crippen LogP contribution in [0, 0.1) is 0 Å². The predicted molar refractivity (Wildman–Crippen MR) is 94.7 cm³/mol. The third kappa shape index (κ3) is 4.56. The number of morpholine rings is 1. The Bertz CT molecular complexity index is 529. The van der Waals surface area contributed by atoms with Gasteiger partial charge in [-0.2, -0.15) is 0 Å². The van der Waals surface area contributed by atoms with Gasteiger partial charge in [0.2, 0.25) is 5.91 Å². The molecule has 2 saturated heterocycles. The lowest BCUT2D eigenvalue weighted by molar-refractivity contribution is -0.129. The Labute approximate surface area is 144 Å². The average Bonchev–Trinajstić information content (AvgIpc) is 2.61. The fraction of sp³-hybridized carbons (Fsp3) is 0.632. The van der Waals surface area contributed by atoms with E-state index in [1.165, 1.54) is 5.56 Å². The van der Waals surface area contributed by atoms with E-state index >= 15 is 0 Å². The van der Waals surface area contributed by atoms with Crippen LogP contribution in [-0.4, -0.2) is 55.2 Å². The topological polar surface area (TPSA) is 53.6 Å². The van der Waals surface area contributed by atoms with Crippen molar-refractivity contribution in [2.24, 2.45) is 0 Å². The maximum Gasteiger partial charge on any atom is 0.240 e. The number of benzene rings is 1. The minimum Gasteiger partial charge on any atom is -0.374 e. The highest BCUT2D eigenvalue weighted by molar-refractivity contribution is 5.86. The zero-order chi connectivity index (χ0) is 16.8. The van der Waals surface area contributed by atoms with E-state index in [0.717, 1.165) is 52.0 Å². The maximum absolute atomic E-state index is 12.5. The van der Waals surface area contributed by atoms with Gasteiger partial charge in [-0.15, -0.1) is 0 Å². The van der Waals surface area contributed by atoms with Gasteiger partial charge in [0.1, 0.15) is 0 Å². The van der Waals surface area contributed by atoms with Gasteiger partial charge in [0.25, 0.3) is 0 Å². The highest BCUT2D eigenvalue weighted by Crippen LogP contribution is 2.19. The molecular formula is C19H29N3O2. The van der Waals surface area contributed by atoms with Crippen LogP contribution in [0.1, 0.15) is 31.7 Å². The molecule has 3 rings (SSSR count). The fourth-order valence-corrected chi connectivity index (χ4v) is 3.54. The van der Waals surface area contributed by atoms with Gasteiger partial charge in [-0.25, -0.2) is 0 Å². The van der Waals surface area contributed by atoms with E-state index in [-0.39, 0.29) is 12.0 Å². The van der Waals surface area contributed by atoms with Crippen molar-refractivity contribution >= 4 is 5.91 Å². The Morgan fingerprint density at radius 3 is 2.96 bits per heavy atom. The first-order valence-corrected chi connectivity index (χ1v) is 9.07. The lowest BCUT2D eigenvalue weighted by Crippen LogP contribution is -2.58. The van der Waals surface area contributed by atoms with Crippen molar-refractivity contribution in [3.05, 3.63) is 35.9 Å². The standard InChI is InChI=1S/C19H29N3O2/c1-19(9-5-6-10-21-19)18(23)20-13-17-15-22(11-12-24-17)14-16-7-3-2-4-8-16/h2-4,7-8,17,21H,5-6,9-15H2,1H3,(H,20,23). The normalized spacial score (nSPS) is 28.5. The second-order valence-corrected chi connectivity index (χ2v) is 7.14. The second-order valence-electron chi connectivity index (χ2n) is 7.14. The molecule has 5 heteroatoms. The van der Waals surface area contributed by atoms with E-state index in [4.69, 9.17) is 4.74 Å². The molecule has 0 aromatic heterocycles. The number of rotatable bonds is 5. The molecule has 0 saturated carbocycles. The van der Waals surface area contributed by atoms with Crippen molar-refractivity contribution in [3.8, 4) is 0 Å². The number of nitrogens with zero attached hydrogens (tertiary/aromatic N) is 1. The van der Waals surface area contributed by atoms with E-state index < -0.39 is 5.54 Å². The molecular weight excluding hydrogens is 302 g/mol. The quantitative estimate of drug-likeness (QED) is 0.859. The summed E-state index contributed by atoms with van der Waals surface area (Å²) in [6.45, 7) is 6.98. The molecule has 2 aliphatic heterocycles. The maximum atomic E-state index is 12.5. The number of amides is 1. The Hall–Kier alpha value is -1.43. The van der Waals surface area contributed by atoms with Gasteiger partial charge in [-0.3, -0.25) is 9.69 Å². The molecule has 2 aliphatic rings. The first kappa shape index (κ1) is 17.4. The molecule has 1 aromatic carbocycles. The zero-order valence-corrected chi connectivity index (χ0v) is 14.6. The van der Waals surface area contributed by atoms with Crippen LogP contribution in [0.2, 0.25) is 0 Å². The summed E-state index contributed by atoms with van der Waals surface area (Å²) in [5.74, 6) is 0.103. The summed E-state index contributed by atoms with van der Waals surface area (Å²) in [6, 6.07) is 10.5. The lowest BCUT2D eigenvalue weighted by atomic mass is 9.90. The molecule has 1 aromatic rings. The van der Waals surface area contributed by atoms with Crippen LogP contribution in [0.25, 0.3) is 0 Å². The van der Waals surface area contributed by atoms with Gasteiger partial charge in [0.05, 0.1) is 18.2 Å². The first-order chi connectivity index (χ1) is 11.7. The van der Waals surface area contributed by atoms with Gasteiger partial charge in [0.15, 0.2) is 0 Å². The van der Waals surface area contributed by atoms with E-state index in [2.05, 4.69) is 39.8 Å². The number of nitrogens with one attached hydrogen (secondary N) is 2. The second kappa shape index (κ2) is 8.10. The van der Waals surface area contributed by atoms with Crippen LogP contribution < -0.4 is 10.6 Å². The molecule has 0 radical (unpaired) electrons. The van der Waals surface area contributed by atoms with Crippen LogP contribution in [0.15, 0.2) is 30.3 Å². The summed E-state index contributed by atoms with van der Waals surface area (Å²) in [7, 11) is 0. The average molecular weight is 331 g/mol. The smallest absolute Gasteiger partial charge is 0.240 e. The van der Waals surface area contributed by atoms with Crippen LogP contribution in [0.5, 0.6) is 0 Å². The number of carbonyl (C=O) groups is 1. The van der Waals surface area contributed by atoms with Crippen LogP contribution in [-0.2, 0) is 16.1 Å². The molecule has 2 N–H and O–H groups in total. The zero-order valence-electron chi connectivity index (χ0n) is 14.6. The third-order valence-corrected chi connectivity index (χ3v) is 5.08. The summed E-state index contributed by atoms with van der Waals surface area (Å²) in [4.78, 5) is 14.9. The van der Waals surface area contributed by atoms with Crippen molar-refractivity contribution < 1.29 is 9.53 Å². The van der Waals surface area contributed by atoms with Crippen LogP contribution in [0.4, 0.5) is 0 Å². The largest absolute Gasteiger partial charge is 0.374 e. The molecule has 2 fully saturated rings. The third-order valence-electron chi connectivity index (χ3n) is 5.08. The van der Waals surface area contributed by atoms with Gasteiger partial charge in [0, 0.05) is 26.2 Å². The van der Waals surface area contributed by atoms with Crippen molar-refractivity contribution in [1.29, 1.82) is 0 Å². The number of hydrogen-bond acceptors (Lipinski definition) is 4. The molecule has 2 unspecified atom stereocenters. The van der Waals surface area contributed by atoms with Crippen LogP contribution in [0.3, 0.4) is 0 Å². The van der Waals surface area contributed by atoms with Crippen molar-refractivity contribution in [2.75, 3.05) is 32.8 Å². The summed E-state index contributed by atoms with van der Waals surface area (Å²) in [5, 5.41) is 6.46. The Kier molecular flexibility index (Phi) is 5.87. The first-order valence-electron chi connectivity index (χ1n) is 9.07. The minimum atomic E-state index is -0.420. The predicted octanol–water partition coefficient (Wildman–Crippen LogP) is 1.54. The monoisotopic (exact) mass is 331 g/mol. The SMILES string of the molecule is CC1(C(=O)NCC2CN(Cc3ccccc3)CCO2)CCCCN1. The van der Waals surface area contributed by atoms with Gasteiger partial charge in [-0.05, 0) is 38.3 Å².